The fourth-order valence-electron chi connectivity index (χ4n) is 1.54. The van der Waals surface area contributed by atoms with Crippen LogP contribution in [0.4, 0.5) is 5.69 Å². The zero-order valence-corrected chi connectivity index (χ0v) is 12.1. The number of aryl methyl sites for hydroxylation is 1. The molecule has 0 aliphatic carbocycles. The molecule has 0 saturated carbocycles. The van der Waals surface area contributed by atoms with Crippen molar-refractivity contribution >= 4 is 27.5 Å². The summed E-state index contributed by atoms with van der Waals surface area (Å²) >= 11 is 3.38. The van der Waals surface area contributed by atoms with Crippen LogP contribution in [0, 0.1) is 6.92 Å². The molecule has 0 aliphatic heterocycles. The predicted octanol–water partition coefficient (Wildman–Crippen LogP) is 2.61. The third kappa shape index (κ3) is 3.58. The van der Waals surface area contributed by atoms with Crippen LogP contribution in [0.15, 0.2) is 29.3 Å². The average molecular weight is 313 g/mol. The van der Waals surface area contributed by atoms with Crippen LogP contribution in [0.2, 0.25) is 0 Å². The van der Waals surface area contributed by atoms with Crippen molar-refractivity contribution in [3.05, 3.63) is 34.8 Å². The summed E-state index contributed by atoms with van der Waals surface area (Å²) in [5.41, 5.74) is 7.26. The Hall–Kier alpha value is -1.33. The van der Waals surface area contributed by atoms with Gasteiger partial charge >= 0.3 is 0 Å². The first-order chi connectivity index (χ1) is 8.49. The van der Waals surface area contributed by atoms with Crippen LogP contribution in [-0.2, 0) is 4.79 Å². The Balaban J connectivity index is 2.96. The Bertz CT molecular complexity index is 461. The normalized spacial score (nSPS) is 11.8. The first kappa shape index (κ1) is 14.7. The van der Waals surface area contributed by atoms with Gasteiger partial charge in [-0.25, -0.2) is 0 Å². The molecule has 1 unspecified atom stereocenters. The molecule has 0 aromatic heterocycles. The summed E-state index contributed by atoms with van der Waals surface area (Å²) in [5.74, 6) is 0.347. The Kier molecular flexibility index (Phi) is 5.37. The van der Waals surface area contributed by atoms with Crippen molar-refractivity contribution in [2.45, 2.75) is 19.4 Å². The fraction of sp³-hybridized carbons (Fsp3) is 0.308. The molecule has 0 aliphatic rings. The lowest BCUT2D eigenvalue weighted by molar-refractivity contribution is -0.117. The lowest BCUT2D eigenvalue weighted by atomic mass is 10.1. The van der Waals surface area contributed by atoms with Crippen molar-refractivity contribution < 1.29 is 9.53 Å². The lowest BCUT2D eigenvalue weighted by Crippen LogP contribution is -2.35. The number of amides is 1. The molecular weight excluding hydrogens is 296 g/mol. The molecule has 1 aromatic carbocycles. The van der Waals surface area contributed by atoms with Gasteiger partial charge in [-0.05, 0) is 31.0 Å². The summed E-state index contributed by atoms with van der Waals surface area (Å²) < 4.78 is 6.14. The number of carbonyl (C=O) groups is 1. The van der Waals surface area contributed by atoms with E-state index in [1.54, 1.807) is 19.3 Å². The maximum atomic E-state index is 11.9. The number of halogens is 1. The molecular formula is C13H17BrN2O2. The molecule has 1 rings (SSSR count). The highest BCUT2D eigenvalue weighted by Gasteiger charge is 2.16. The number of hydrogen-bond donors (Lipinski definition) is 2. The molecule has 1 amide bonds. The molecule has 1 atom stereocenters. The van der Waals surface area contributed by atoms with Crippen molar-refractivity contribution in [1.29, 1.82) is 0 Å². The number of benzene rings is 1. The van der Waals surface area contributed by atoms with Gasteiger partial charge in [0.15, 0.2) is 0 Å². The lowest BCUT2D eigenvalue weighted by Gasteiger charge is -2.16. The van der Waals surface area contributed by atoms with Crippen LogP contribution in [0.1, 0.15) is 12.0 Å². The second-order valence-corrected chi connectivity index (χ2v) is 4.84. The molecule has 0 fully saturated rings. The Morgan fingerprint density at radius 3 is 2.89 bits per heavy atom. The molecule has 0 heterocycles. The second-order valence-electron chi connectivity index (χ2n) is 3.92. The van der Waals surface area contributed by atoms with Crippen LogP contribution in [0.3, 0.4) is 0 Å². The van der Waals surface area contributed by atoms with Gasteiger partial charge < -0.3 is 15.8 Å². The van der Waals surface area contributed by atoms with E-state index < -0.39 is 6.04 Å². The van der Waals surface area contributed by atoms with E-state index in [0.29, 0.717) is 17.9 Å². The Labute approximate surface area is 115 Å². The summed E-state index contributed by atoms with van der Waals surface area (Å²) in [6.45, 7) is 5.45. The van der Waals surface area contributed by atoms with Crippen molar-refractivity contribution in [1.82, 2.24) is 0 Å². The minimum absolute atomic E-state index is 0.251. The first-order valence-corrected chi connectivity index (χ1v) is 6.30. The fourth-order valence-corrected chi connectivity index (χ4v) is 2.09. The van der Waals surface area contributed by atoms with Gasteiger partial charge in [0, 0.05) is 4.47 Å². The molecule has 98 valence electrons. The molecule has 0 radical (unpaired) electrons. The zero-order valence-electron chi connectivity index (χ0n) is 10.5. The highest BCUT2D eigenvalue weighted by molar-refractivity contribution is 9.10. The SMILES string of the molecule is C=CCC(N)C(=O)Nc1c(C)cc(Br)cc1OC. The maximum absolute atomic E-state index is 11.9. The number of anilines is 1. The predicted molar refractivity (Wildman–Crippen MR) is 76.9 cm³/mol. The van der Waals surface area contributed by atoms with Crippen molar-refractivity contribution in [3.63, 3.8) is 0 Å². The minimum atomic E-state index is -0.602. The summed E-state index contributed by atoms with van der Waals surface area (Å²) in [4.78, 5) is 11.9. The number of hydrogen-bond acceptors (Lipinski definition) is 3. The van der Waals surface area contributed by atoms with Gasteiger partial charge in [-0.1, -0.05) is 22.0 Å². The molecule has 5 heteroatoms. The van der Waals surface area contributed by atoms with Gasteiger partial charge in [0.05, 0.1) is 18.8 Å². The molecule has 3 N–H and O–H groups in total. The third-order valence-corrected chi connectivity index (χ3v) is 2.95. The van der Waals surface area contributed by atoms with E-state index in [-0.39, 0.29) is 5.91 Å². The smallest absolute Gasteiger partial charge is 0.241 e. The van der Waals surface area contributed by atoms with Crippen LogP contribution in [0.25, 0.3) is 0 Å². The quantitative estimate of drug-likeness (QED) is 0.821. The van der Waals surface area contributed by atoms with Crippen LogP contribution in [0.5, 0.6) is 5.75 Å². The summed E-state index contributed by atoms with van der Waals surface area (Å²) in [6, 6.07) is 3.09. The van der Waals surface area contributed by atoms with E-state index in [9.17, 15) is 4.79 Å². The Morgan fingerprint density at radius 1 is 1.67 bits per heavy atom. The van der Waals surface area contributed by atoms with Crippen molar-refractivity contribution in [2.75, 3.05) is 12.4 Å². The van der Waals surface area contributed by atoms with E-state index in [1.807, 2.05) is 13.0 Å². The number of rotatable bonds is 5. The second kappa shape index (κ2) is 6.56. The number of carbonyl (C=O) groups excluding carboxylic acids is 1. The number of nitrogens with one attached hydrogen (secondary N) is 1. The highest BCUT2D eigenvalue weighted by atomic mass is 79.9. The molecule has 0 saturated heterocycles. The Morgan fingerprint density at radius 2 is 2.33 bits per heavy atom. The largest absolute Gasteiger partial charge is 0.495 e. The highest BCUT2D eigenvalue weighted by Crippen LogP contribution is 2.32. The molecule has 1 aromatic rings. The van der Waals surface area contributed by atoms with E-state index in [4.69, 9.17) is 10.5 Å². The molecule has 18 heavy (non-hydrogen) atoms. The van der Waals surface area contributed by atoms with E-state index in [0.717, 1.165) is 10.0 Å². The van der Waals surface area contributed by atoms with E-state index >= 15 is 0 Å². The van der Waals surface area contributed by atoms with Gasteiger partial charge in [-0.15, -0.1) is 6.58 Å². The first-order valence-electron chi connectivity index (χ1n) is 5.51. The van der Waals surface area contributed by atoms with Crippen molar-refractivity contribution in [2.24, 2.45) is 5.73 Å². The molecule has 4 nitrogen and oxygen atoms in total. The zero-order chi connectivity index (χ0) is 13.7. The summed E-state index contributed by atoms with van der Waals surface area (Å²) in [6.07, 6.45) is 2.06. The summed E-state index contributed by atoms with van der Waals surface area (Å²) in [5, 5.41) is 2.78. The standard InChI is InChI=1S/C13H17BrN2O2/c1-4-5-10(15)13(17)16-12-8(2)6-9(14)7-11(12)18-3/h4,6-7,10H,1,5,15H2,2-3H3,(H,16,17). The number of nitrogens with two attached hydrogens (primary N) is 1. The number of methoxy groups -OCH3 is 1. The molecule has 0 spiro atoms. The third-order valence-electron chi connectivity index (χ3n) is 2.49. The van der Waals surface area contributed by atoms with Crippen LogP contribution < -0.4 is 15.8 Å². The van der Waals surface area contributed by atoms with Crippen LogP contribution >= 0.6 is 15.9 Å². The van der Waals surface area contributed by atoms with Crippen molar-refractivity contribution in [3.8, 4) is 5.75 Å². The van der Waals surface area contributed by atoms with Gasteiger partial charge in [-0.2, -0.15) is 0 Å². The van der Waals surface area contributed by atoms with E-state index in [2.05, 4.69) is 27.8 Å². The monoisotopic (exact) mass is 312 g/mol. The van der Waals surface area contributed by atoms with Crippen LogP contribution in [-0.4, -0.2) is 19.1 Å². The van der Waals surface area contributed by atoms with Gasteiger partial charge in [0.25, 0.3) is 0 Å². The minimum Gasteiger partial charge on any atom is -0.495 e. The van der Waals surface area contributed by atoms with Gasteiger partial charge in [0.1, 0.15) is 5.75 Å². The average Bonchev–Trinajstić information content (AvgIpc) is 2.32. The molecule has 0 bridgehead atoms. The maximum Gasteiger partial charge on any atom is 0.241 e. The summed E-state index contributed by atoms with van der Waals surface area (Å²) in [7, 11) is 1.56. The topological polar surface area (TPSA) is 64.4 Å². The number of ether oxygens (including phenoxy) is 1. The van der Waals surface area contributed by atoms with Gasteiger partial charge in [-0.3, -0.25) is 4.79 Å². The van der Waals surface area contributed by atoms with E-state index in [1.165, 1.54) is 0 Å². The van der Waals surface area contributed by atoms with Gasteiger partial charge in [0.2, 0.25) is 5.91 Å².